The van der Waals surface area contributed by atoms with E-state index in [2.05, 4.69) is 6.92 Å². The first-order valence-corrected chi connectivity index (χ1v) is 5.47. The molecule has 0 aliphatic heterocycles. The number of unbranched alkanes of at least 4 members (excludes halogenated alkanes) is 1. The van der Waals surface area contributed by atoms with Crippen LogP contribution in [0.15, 0.2) is 10.2 Å². The number of aliphatic hydroxyl groups is 2. The van der Waals surface area contributed by atoms with E-state index in [-0.39, 0.29) is 0 Å². The predicted octanol–water partition coefficient (Wildman–Crippen LogP) is 2.24. The van der Waals surface area contributed by atoms with Crippen LogP contribution in [-0.2, 0) is 0 Å². The SMILES string of the molecule is CCCCC(O)C(C)(O)/C=C/I. The van der Waals surface area contributed by atoms with Crippen molar-refractivity contribution in [3.8, 4) is 0 Å². The lowest BCUT2D eigenvalue weighted by Gasteiger charge is -2.25. The first-order chi connectivity index (χ1) is 5.54. The van der Waals surface area contributed by atoms with Crippen molar-refractivity contribution >= 4 is 22.6 Å². The third-order valence-electron chi connectivity index (χ3n) is 1.91. The summed E-state index contributed by atoms with van der Waals surface area (Å²) in [7, 11) is 0. The van der Waals surface area contributed by atoms with Gasteiger partial charge in [0.25, 0.3) is 0 Å². The molecule has 0 radical (unpaired) electrons. The van der Waals surface area contributed by atoms with Crippen LogP contribution in [-0.4, -0.2) is 21.9 Å². The van der Waals surface area contributed by atoms with Crippen LogP contribution in [0.1, 0.15) is 33.1 Å². The Morgan fingerprint density at radius 2 is 2.17 bits per heavy atom. The van der Waals surface area contributed by atoms with Crippen molar-refractivity contribution in [2.24, 2.45) is 0 Å². The maximum Gasteiger partial charge on any atom is 0.106 e. The van der Waals surface area contributed by atoms with Crippen LogP contribution in [0.25, 0.3) is 0 Å². The maximum absolute atomic E-state index is 9.67. The summed E-state index contributed by atoms with van der Waals surface area (Å²) in [6, 6.07) is 0. The molecule has 0 aliphatic rings. The first-order valence-electron chi connectivity index (χ1n) is 4.23. The standard InChI is InChI=1S/C9H17IO2/c1-3-4-5-8(11)9(2,12)6-7-10/h6-8,11-12H,3-5H2,1-2H3/b7-6+. The molecule has 0 bridgehead atoms. The zero-order chi connectivity index (χ0) is 9.61. The molecule has 72 valence electrons. The highest BCUT2D eigenvalue weighted by molar-refractivity contribution is 14.1. The van der Waals surface area contributed by atoms with Crippen molar-refractivity contribution in [1.82, 2.24) is 0 Å². The maximum atomic E-state index is 9.67. The molecule has 0 aromatic heterocycles. The molecule has 3 heteroatoms. The molecule has 0 saturated heterocycles. The van der Waals surface area contributed by atoms with Gasteiger partial charge < -0.3 is 10.2 Å². The van der Waals surface area contributed by atoms with Crippen molar-refractivity contribution < 1.29 is 10.2 Å². The summed E-state index contributed by atoms with van der Waals surface area (Å²) in [5, 5.41) is 19.2. The number of rotatable bonds is 5. The zero-order valence-electron chi connectivity index (χ0n) is 7.63. The van der Waals surface area contributed by atoms with Crippen LogP contribution in [0.4, 0.5) is 0 Å². The van der Waals surface area contributed by atoms with E-state index >= 15 is 0 Å². The minimum Gasteiger partial charge on any atom is -0.390 e. The average Bonchev–Trinajstić information content (AvgIpc) is 2.00. The van der Waals surface area contributed by atoms with Gasteiger partial charge in [0.05, 0.1) is 6.10 Å². The van der Waals surface area contributed by atoms with Crippen molar-refractivity contribution in [2.75, 3.05) is 0 Å². The highest BCUT2D eigenvalue weighted by Crippen LogP contribution is 2.17. The number of aliphatic hydroxyl groups excluding tert-OH is 1. The fourth-order valence-corrected chi connectivity index (χ4v) is 1.66. The van der Waals surface area contributed by atoms with Crippen molar-refractivity contribution in [1.29, 1.82) is 0 Å². The van der Waals surface area contributed by atoms with Gasteiger partial charge in [0.1, 0.15) is 5.60 Å². The molecule has 2 nitrogen and oxygen atoms in total. The molecule has 0 heterocycles. The average molecular weight is 284 g/mol. The Morgan fingerprint density at radius 3 is 2.58 bits per heavy atom. The molecule has 0 saturated carbocycles. The molecule has 0 amide bonds. The predicted molar refractivity (Wildman–Crippen MR) is 59.3 cm³/mol. The Bertz CT molecular complexity index is 143. The topological polar surface area (TPSA) is 40.5 Å². The van der Waals surface area contributed by atoms with Crippen LogP contribution in [0.2, 0.25) is 0 Å². The largest absolute Gasteiger partial charge is 0.390 e. The smallest absolute Gasteiger partial charge is 0.106 e. The van der Waals surface area contributed by atoms with E-state index in [1.165, 1.54) is 0 Å². The van der Waals surface area contributed by atoms with Gasteiger partial charge >= 0.3 is 0 Å². The third-order valence-corrected chi connectivity index (χ3v) is 2.27. The van der Waals surface area contributed by atoms with E-state index in [0.717, 1.165) is 12.8 Å². The second-order valence-corrected chi connectivity index (χ2v) is 3.90. The summed E-state index contributed by atoms with van der Waals surface area (Å²) in [5.74, 6) is 0. The van der Waals surface area contributed by atoms with Gasteiger partial charge in [0, 0.05) is 0 Å². The van der Waals surface area contributed by atoms with E-state index < -0.39 is 11.7 Å². The first kappa shape index (κ1) is 12.4. The second-order valence-electron chi connectivity index (χ2n) is 3.18. The van der Waals surface area contributed by atoms with Gasteiger partial charge in [-0.05, 0) is 23.5 Å². The summed E-state index contributed by atoms with van der Waals surface area (Å²) in [6.45, 7) is 3.69. The number of hydrogen-bond acceptors (Lipinski definition) is 2. The highest BCUT2D eigenvalue weighted by atomic mass is 127. The van der Waals surface area contributed by atoms with Crippen LogP contribution >= 0.6 is 22.6 Å². The Hall–Kier alpha value is 0.390. The Morgan fingerprint density at radius 1 is 1.58 bits per heavy atom. The highest BCUT2D eigenvalue weighted by Gasteiger charge is 2.26. The van der Waals surface area contributed by atoms with E-state index in [9.17, 15) is 10.2 Å². The molecule has 2 atom stereocenters. The summed E-state index contributed by atoms with van der Waals surface area (Å²) >= 11 is 2.03. The van der Waals surface area contributed by atoms with E-state index in [1.807, 2.05) is 22.6 Å². The van der Waals surface area contributed by atoms with Gasteiger partial charge in [0.2, 0.25) is 0 Å². The molecule has 0 fully saturated rings. The normalized spacial score (nSPS) is 19.4. The van der Waals surface area contributed by atoms with Gasteiger partial charge in [-0.3, -0.25) is 0 Å². The number of halogens is 1. The summed E-state index contributed by atoms with van der Waals surface area (Å²) in [4.78, 5) is 0. The van der Waals surface area contributed by atoms with Crippen molar-refractivity contribution in [3.63, 3.8) is 0 Å². The Labute approximate surface area is 87.8 Å². The molecule has 0 rings (SSSR count). The lowest BCUT2D eigenvalue weighted by molar-refractivity contribution is -0.0306. The lowest BCUT2D eigenvalue weighted by Crippen LogP contribution is -2.36. The fourth-order valence-electron chi connectivity index (χ4n) is 0.928. The van der Waals surface area contributed by atoms with Gasteiger partial charge in [-0.15, -0.1) is 0 Å². The second kappa shape index (κ2) is 5.94. The Balaban J connectivity index is 3.96. The van der Waals surface area contributed by atoms with Gasteiger partial charge in [-0.25, -0.2) is 0 Å². The van der Waals surface area contributed by atoms with Crippen molar-refractivity contribution in [3.05, 3.63) is 10.2 Å². The van der Waals surface area contributed by atoms with Crippen LogP contribution in [0.5, 0.6) is 0 Å². The van der Waals surface area contributed by atoms with E-state index in [4.69, 9.17) is 0 Å². The van der Waals surface area contributed by atoms with Gasteiger partial charge in [-0.1, -0.05) is 42.4 Å². The van der Waals surface area contributed by atoms with Crippen LogP contribution in [0, 0.1) is 0 Å². The summed E-state index contributed by atoms with van der Waals surface area (Å²) < 4.78 is 1.73. The minimum atomic E-state index is -1.07. The van der Waals surface area contributed by atoms with Crippen LogP contribution < -0.4 is 0 Å². The molecule has 2 N–H and O–H groups in total. The van der Waals surface area contributed by atoms with Gasteiger partial charge in [-0.2, -0.15) is 0 Å². The summed E-state index contributed by atoms with van der Waals surface area (Å²) in [5.41, 5.74) is -1.07. The van der Waals surface area contributed by atoms with Crippen LogP contribution in [0.3, 0.4) is 0 Å². The Kier molecular flexibility index (Phi) is 6.13. The van der Waals surface area contributed by atoms with E-state index in [0.29, 0.717) is 6.42 Å². The van der Waals surface area contributed by atoms with Gasteiger partial charge in [0.15, 0.2) is 0 Å². The summed E-state index contributed by atoms with van der Waals surface area (Å²) in [6.07, 6.45) is 3.62. The molecular weight excluding hydrogens is 267 g/mol. The third kappa shape index (κ3) is 4.42. The fraction of sp³-hybridized carbons (Fsp3) is 0.778. The molecule has 0 aliphatic carbocycles. The molecule has 0 aromatic rings. The molecule has 2 unspecified atom stereocenters. The van der Waals surface area contributed by atoms with Crippen molar-refractivity contribution in [2.45, 2.75) is 44.8 Å². The molecular formula is C9H17IO2. The zero-order valence-corrected chi connectivity index (χ0v) is 9.78. The molecule has 0 aromatic carbocycles. The monoisotopic (exact) mass is 284 g/mol. The van der Waals surface area contributed by atoms with E-state index in [1.54, 1.807) is 17.1 Å². The molecule has 0 spiro atoms. The molecule has 12 heavy (non-hydrogen) atoms. The minimum absolute atomic E-state index is 0.650. The number of hydrogen-bond donors (Lipinski definition) is 2. The lowest BCUT2D eigenvalue weighted by atomic mass is 9.95. The quantitative estimate of drug-likeness (QED) is 0.760.